The van der Waals surface area contributed by atoms with E-state index in [1.54, 1.807) is 19.1 Å². The highest BCUT2D eigenvalue weighted by atomic mass is 32.2. The Morgan fingerprint density at radius 1 is 1.29 bits per heavy atom. The van der Waals surface area contributed by atoms with Crippen LogP contribution in [0.2, 0.25) is 0 Å². The van der Waals surface area contributed by atoms with Gasteiger partial charge < -0.3 is 10.4 Å². The van der Waals surface area contributed by atoms with Crippen LogP contribution in [0.15, 0.2) is 23.1 Å². The molecule has 0 spiro atoms. The molecule has 0 aromatic heterocycles. The van der Waals surface area contributed by atoms with Crippen molar-refractivity contribution < 1.29 is 14.7 Å². The number of carbonyl (C=O) groups excluding carboxylic acids is 1. The Balaban J connectivity index is 2.74. The van der Waals surface area contributed by atoms with E-state index in [9.17, 15) is 9.59 Å². The molecule has 0 radical (unpaired) electrons. The van der Waals surface area contributed by atoms with Crippen molar-refractivity contribution in [2.45, 2.75) is 56.7 Å². The van der Waals surface area contributed by atoms with Gasteiger partial charge in [0.2, 0.25) is 5.91 Å². The average molecular weight is 309 g/mol. The fraction of sp³-hybridized carbons (Fsp3) is 0.500. The van der Waals surface area contributed by atoms with Gasteiger partial charge in [-0.05, 0) is 44.4 Å². The summed E-state index contributed by atoms with van der Waals surface area (Å²) in [5, 5.41) is 11.9. The molecule has 1 amide bonds. The summed E-state index contributed by atoms with van der Waals surface area (Å²) in [6.07, 6.45) is 1.82. The van der Waals surface area contributed by atoms with Crippen LogP contribution < -0.4 is 5.32 Å². The molecule has 1 rings (SSSR count). The van der Waals surface area contributed by atoms with Crippen molar-refractivity contribution in [1.29, 1.82) is 0 Å². The molecule has 0 heterocycles. The van der Waals surface area contributed by atoms with Gasteiger partial charge in [0.15, 0.2) is 0 Å². The Morgan fingerprint density at radius 3 is 2.43 bits per heavy atom. The highest BCUT2D eigenvalue weighted by Crippen LogP contribution is 2.26. The van der Waals surface area contributed by atoms with Gasteiger partial charge >= 0.3 is 5.97 Å². The van der Waals surface area contributed by atoms with E-state index in [-0.39, 0.29) is 22.8 Å². The SMILES string of the molecule is CCC(CC)NC(=O)C(C)Sc1ccc(C)c(C(=O)O)c1. The Kier molecular flexibility index (Phi) is 6.75. The van der Waals surface area contributed by atoms with Crippen molar-refractivity contribution in [3.8, 4) is 0 Å². The molecule has 0 aliphatic heterocycles. The van der Waals surface area contributed by atoms with Gasteiger partial charge in [-0.1, -0.05) is 19.9 Å². The zero-order valence-corrected chi connectivity index (χ0v) is 13.8. The lowest BCUT2D eigenvalue weighted by Gasteiger charge is -2.18. The fourth-order valence-corrected chi connectivity index (χ4v) is 2.89. The van der Waals surface area contributed by atoms with Gasteiger partial charge in [0.05, 0.1) is 10.8 Å². The van der Waals surface area contributed by atoms with Gasteiger partial charge in [-0.3, -0.25) is 4.79 Å². The van der Waals surface area contributed by atoms with E-state index >= 15 is 0 Å². The van der Waals surface area contributed by atoms with E-state index in [4.69, 9.17) is 5.11 Å². The maximum atomic E-state index is 12.1. The summed E-state index contributed by atoms with van der Waals surface area (Å²) in [4.78, 5) is 24.0. The predicted octanol–water partition coefficient (Wildman–Crippen LogP) is 3.48. The maximum absolute atomic E-state index is 12.1. The lowest BCUT2D eigenvalue weighted by molar-refractivity contribution is -0.121. The molecule has 2 N–H and O–H groups in total. The molecule has 0 saturated carbocycles. The quantitative estimate of drug-likeness (QED) is 0.757. The second kappa shape index (κ2) is 8.08. The first-order chi connectivity index (χ1) is 9.88. The molecule has 0 saturated heterocycles. The van der Waals surface area contributed by atoms with E-state index in [0.29, 0.717) is 0 Å². The lowest BCUT2D eigenvalue weighted by atomic mass is 10.1. The van der Waals surface area contributed by atoms with E-state index in [1.165, 1.54) is 11.8 Å². The van der Waals surface area contributed by atoms with Gasteiger partial charge in [-0.15, -0.1) is 11.8 Å². The van der Waals surface area contributed by atoms with Gasteiger partial charge in [0.25, 0.3) is 0 Å². The second-order valence-electron chi connectivity index (χ2n) is 5.06. The van der Waals surface area contributed by atoms with Crippen LogP contribution in [0.4, 0.5) is 0 Å². The van der Waals surface area contributed by atoms with Crippen LogP contribution in [-0.2, 0) is 4.79 Å². The maximum Gasteiger partial charge on any atom is 0.335 e. The summed E-state index contributed by atoms with van der Waals surface area (Å²) in [5.74, 6) is -0.949. The van der Waals surface area contributed by atoms with Gasteiger partial charge in [-0.25, -0.2) is 4.79 Å². The van der Waals surface area contributed by atoms with Crippen molar-refractivity contribution in [2.24, 2.45) is 0 Å². The number of thioether (sulfide) groups is 1. The third kappa shape index (κ3) is 5.08. The number of hydrogen-bond acceptors (Lipinski definition) is 3. The van der Waals surface area contributed by atoms with Crippen molar-refractivity contribution in [2.75, 3.05) is 0 Å². The summed E-state index contributed by atoms with van der Waals surface area (Å²) in [7, 11) is 0. The minimum absolute atomic E-state index is 0.00819. The smallest absolute Gasteiger partial charge is 0.335 e. The number of carbonyl (C=O) groups is 2. The third-order valence-corrected chi connectivity index (χ3v) is 4.55. The molecular weight excluding hydrogens is 286 g/mol. The molecule has 0 fully saturated rings. The number of carboxylic acids is 1. The molecule has 1 aromatic carbocycles. The van der Waals surface area contributed by atoms with Crippen LogP contribution in [0, 0.1) is 6.92 Å². The van der Waals surface area contributed by atoms with E-state index in [2.05, 4.69) is 5.32 Å². The van der Waals surface area contributed by atoms with Crippen molar-refractivity contribution in [3.05, 3.63) is 29.3 Å². The van der Waals surface area contributed by atoms with Gasteiger partial charge in [-0.2, -0.15) is 0 Å². The molecule has 0 bridgehead atoms. The number of aromatic carboxylic acids is 1. The first-order valence-corrected chi connectivity index (χ1v) is 8.07. The number of nitrogens with one attached hydrogen (secondary N) is 1. The van der Waals surface area contributed by atoms with Crippen LogP contribution in [0.5, 0.6) is 0 Å². The first kappa shape index (κ1) is 17.6. The number of amides is 1. The Labute approximate surface area is 130 Å². The summed E-state index contributed by atoms with van der Waals surface area (Å²) >= 11 is 1.38. The molecular formula is C16H23NO3S. The molecule has 5 heteroatoms. The van der Waals surface area contributed by atoms with E-state index in [0.717, 1.165) is 23.3 Å². The van der Waals surface area contributed by atoms with Crippen LogP contribution in [-0.4, -0.2) is 28.3 Å². The van der Waals surface area contributed by atoms with Crippen LogP contribution in [0.25, 0.3) is 0 Å². The van der Waals surface area contributed by atoms with Crippen molar-refractivity contribution >= 4 is 23.6 Å². The molecule has 1 aromatic rings. The highest BCUT2D eigenvalue weighted by Gasteiger charge is 2.18. The second-order valence-corrected chi connectivity index (χ2v) is 6.48. The Morgan fingerprint density at radius 2 is 1.90 bits per heavy atom. The standard InChI is InChI=1S/C16H23NO3S/c1-5-12(6-2)17-15(18)11(4)21-13-8-7-10(3)14(9-13)16(19)20/h7-9,11-12H,5-6H2,1-4H3,(H,17,18)(H,19,20). The first-order valence-electron chi connectivity index (χ1n) is 7.20. The minimum atomic E-state index is -0.941. The Hall–Kier alpha value is -1.49. The van der Waals surface area contributed by atoms with Crippen molar-refractivity contribution in [1.82, 2.24) is 5.32 Å². The average Bonchev–Trinajstić information content (AvgIpc) is 2.46. The lowest BCUT2D eigenvalue weighted by Crippen LogP contribution is -2.38. The van der Waals surface area contributed by atoms with E-state index in [1.807, 2.05) is 26.8 Å². The third-order valence-electron chi connectivity index (χ3n) is 3.45. The van der Waals surface area contributed by atoms with Gasteiger partial charge in [0, 0.05) is 10.9 Å². The Bertz CT molecular complexity index is 512. The highest BCUT2D eigenvalue weighted by molar-refractivity contribution is 8.00. The van der Waals surface area contributed by atoms with Crippen LogP contribution in [0.1, 0.15) is 49.5 Å². The summed E-state index contributed by atoms with van der Waals surface area (Å²) in [5.41, 5.74) is 1.01. The van der Waals surface area contributed by atoms with E-state index < -0.39 is 5.97 Å². The number of hydrogen-bond donors (Lipinski definition) is 2. The molecule has 0 aliphatic rings. The zero-order chi connectivity index (χ0) is 16.0. The molecule has 1 unspecified atom stereocenters. The summed E-state index contributed by atoms with van der Waals surface area (Å²) in [6.45, 7) is 7.69. The number of benzene rings is 1. The topological polar surface area (TPSA) is 66.4 Å². The normalized spacial score (nSPS) is 12.2. The van der Waals surface area contributed by atoms with Crippen LogP contribution in [0.3, 0.4) is 0 Å². The number of carboxylic acid groups (broad SMARTS) is 1. The molecule has 21 heavy (non-hydrogen) atoms. The number of rotatable bonds is 7. The number of aryl methyl sites for hydroxylation is 1. The monoisotopic (exact) mass is 309 g/mol. The van der Waals surface area contributed by atoms with Gasteiger partial charge in [0.1, 0.15) is 0 Å². The molecule has 1 atom stereocenters. The molecule has 116 valence electrons. The minimum Gasteiger partial charge on any atom is -0.478 e. The molecule has 4 nitrogen and oxygen atoms in total. The van der Waals surface area contributed by atoms with Crippen molar-refractivity contribution in [3.63, 3.8) is 0 Å². The summed E-state index contributed by atoms with van der Waals surface area (Å²) < 4.78 is 0. The fourth-order valence-electron chi connectivity index (χ4n) is 1.97. The summed E-state index contributed by atoms with van der Waals surface area (Å²) in [6, 6.07) is 5.46. The zero-order valence-electron chi connectivity index (χ0n) is 13.0. The van der Waals surface area contributed by atoms with Crippen LogP contribution >= 0.6 is 11.8 Å². The molecule has 0 aliphatic carbocycles. The largest absolute Gasteiger partial charge is 0.478 e. The predicted molar refractivity (Wildman–Crippen MR) is 86.0 cm³/mol.